The first-order valence-electron chi connectivity index (χ1n) is 5.93. The van der Waals surface area contributed by atoms with Gasteiger partial charge in [0.1, 0.15) is 0 Å². The quantitative estimate of drug-likeness (QED) is 0.652. The molecule has 0 bridgehead atoms. The Kier molecular flexibility index (Phi) is 5.78. The molecule has 0 radical (unpaired) electrons. The van der Waals surface area contributed by atoms with Gasteiger partial charge >= 0.3 is 0 Å². The smallest absolute Gasteiger partial charge is 0.229 e. The van der Waals surface area contributed by atoms with Crippen LogP contribution in [0.2, 0.25) is 0 Å². The number of amides is 1. The van der Waals surface area contributed by atoms with Gasteiger partial charge in [-0.2, -0.15) is 0 Å². The second kappa shape index (κ2) is 7.10. The maximum atomic E-state index is 11.6. The van der Waals surface area contributed by atoms with Gasteiger partial charge in [-0.05, 0) is 44.3 Å². The molecule has 19 heavy (non-hydrogen) atoms. The number of carbonyl (C=O) groups excluding carboxylic acids is 1. The van der Waals surface area contributed by atoms with Crippen LogP contribution in [0, 0.1) is 0 Å². The van der Waals surface area contributed by atoms with Crippen molar-refractivity contribution in [1.29, 1.82) is 0 Å². The first-order valence-corrected chi connectivity index (χ1v) is 7.82. The number of hydrogen-bond acceptors (Lipinski definition) is 4. The van der Waals surface area contributed by atoms with E-state index in [9.17, 15) is 13.2 Å². The molecule has 0 saturated carbocycles. The second-order valence-electron chi connectivity index (χ2n) is 4.21. The summed E-state index contributed by atoms with van der Waals surface area (Å²) in [5.41, 5.74) is 1.11. The van der Waals surface area contributed by atoms with Crippen LogP contribution >= 0.6 is 0 Å². The molecule has 0 fully saturated rings. The van der Waals surface area contributed by atoms with Gasteiger partial charge in [-0.25, -0.2) is 8.42 Å². The van der Waals surface area contributed by atoms with E-state index in [2.05, 4.69) is 15.4 Å². The van der Waals surface area contributed by atoms with Crippen LogP contribution in [0.3, 0.4) is 0 Å². The van der Waals surface area contributed by atoms with Crippen LogP contribution in [0.4, 0.5) is 11.4 Å². The van der Waals surface area contributed by atoms with Gasteiger partial charge < -0.3 is 10.6 Å². The summed E-state index contributed by atoms with van der Waals surface area (Å²) in [5.74, 6) is -0.0564. The van der Waals surface area contributed by atoms with Crippen LogP contribution in [0.15, 0.2) is 24.3 Å². The van der Waals surface area contributed by atoms with Gasteiger partial charge in [0, 0.05) is 17.8 Å². The topological polar surface area (TPSA) is 87.3 Å². The van der Waals surface area contributed by atoms with Crippen LogP contribution in [0.5, 0.6) is 0 Å². The summed E-state index contributed by atoms with van der Waals surface area (Å²) in [5, 5.41) is 5.72. The molecule has 0 atom stereocenters. The zero-order valence-corrected chi connectivity index (χ0v) is 11.9. The minimum atomic E-state index is -3.27. The summed E-state index contributed by atoms with van der Waals surface area (Å²) in [6.07, 6.45) is 2.31. The van der Waals surface area contributed by atoms with Crippen molar-refractivity contribution < 1.29 is 13.2 Å². The summed E-state index contributed by atoms with van der Waals surface area (Å²) in [7, 11) is -1.43. The Labute approximate surface area is 113 Å². The van der Waals surface area contributed by atoms with Gasteiger partial charge in [0.15, 0.2) is 0 Å². The summed E-state index contributed by atoms with van der Waals surface area (Å²) in [4.78, 5) is 11.6. The van der Waals surface area contributed by atoms with E-state index in [1.54, 1.807) is 24.3 Å². The van der Waals surface area contributed by atoms with E-state index in [1.807, 2.05) is 7.05 Å². The summed E-state index contributed by atoms with van der Waals surface area (Å²) >= 11 is 0. The average molecular weight is 285 g/mol. The average Bonchev–Trinajstić information content (AvgIpc) is 2.30. The van der Waals surface area contributed by atoms with Gasteiger partial charge in [-0.3, -0.25) is 9.52 Å². The standard InChI is InChI=1S/C12H19N3O3S/c1-13-9-3-4-12(16)14-10-5-7-11(8-6-10)15-19(2,17)18/h5-8,13,15H,3-4,9H2,1-2H3,(H,14,16). The molecule has 0 spiro atoms. The number of hydrogen-bond donors (Lipinski definition) is 3. The maximum absolute atomic E-state index is 11.6. The first-order chi connectivity index (χ1) is 8.90. The molecule has 1 aromatic rings. The van der Waals surface area contributed by atoms with E-state index in [1.165, 1.54) is 0 Å². The Morgan fingerprint density at radius 2 is 1.74 bits per heavy atom. The fourth-order valence-electron chi connectivity index (χ4n) is 1.48. The molecule has 0 aliphatic heterocycles. The van der Waals surface area contributed by atoms with Crippen molar-refractivity contribution in [2.45, 2.75) is 12.8 Å². The second-order valence-corrected chi connectivity index (χ2v) is 5.96. The third-order valence-electron chi connectivity index (χ3n) is 2.30. The minimum Gasteiger partial charge on any atom is -0.326 e. The largest absolute Gasteiger partial charge is 0.326 e. The highest BCUT2D eigenvalue weighted by molar-refractivity contribution is 7.92. The molecule has 1 rings (SSSR count). The highest BCUT2D eigenvalue weighted by Crippen LogP contribution is 2.14. The highest BCUT2D eigenvalue weighted by Gasteiger charge is 2.04. The van der Waals surface area contributed by atoms with E-state index in [4.69, 9.17) is 0 Å². The maximum Gasteiger partial charge on any atom is 0.229 e. The Morgan fingerprint density at radius 3 is 2.26 bits per heavy atom. The van der Waals surface area contributed by atoms with Crippen LogP contribution in [0.25, 0.3) is 0 Å². The van der Waals surface area contributed by atoms with Gasteiger partial charge in [0.25, 0.3) is 0 Å². The lowest BCUT2D eigenvalue weighted by Crippen LogP contribution is -2.15. The minimum absolute atomic E-state index is 0.0564. The van der Waals surface area contributed by atoms with Crippen molar-refractivity contribution in [3.8, 4) is 0 Å². The molecule has 0 unspecified atom stereocenters. The third kappa shape index (κ3) is 6.78. The van der Waals surface area contributed by atoms with Crippen molar-refractivity contribution >= 4 is 27.3 Å². The molecule has 7 heteroatoms. The van der Waals surface area contributed by atoms with Crippen LogP contribution in [-0.4, -0.2) is 34.2 Å². The summed E-state index contributed by atoms with van der Waals surface area (Å²) in [6, 6.07) is 6.52. The normalized spacial score (nSPS) is 11.1. The molecule has 0 aliphatic carbocycles. The number of carbonyl (C=O) groups is 1. The molecule has 106 valence electrons. The molecular formula is C12H19N3O3S. The first kappa shape index (κ1) is 15.5. The Morgan fingerprint density at radius 1 is 1.16 bits per heavy atom. The monoisotopic (exact) mass is 285 g/mol. The van der Waals surface area contributed by atoms with Crippen molar-refractivity contribution in [3.63, 3.8) is 0 Å². The molecule has 0 aromatic heterocycles. The number of benzene rings is 1. The lowest BCUT2D eigenvalue weighted by atomic mass is 10.2. The predicted octanol–water partition coefficient (Wildman–Crippen LogP) is 0.996. The van der Waals surface area contributed by atoms with Crippen molar-refractivity contribution in [3.05, 3.63) is 24.3 Å². The van der Waals surface area contributed by atoms with E-state index in [-0.39, 0.29) is 5.91 Å². The summed E-state index contributed by atoms with van der Waals surface area (Å²) < 4.78 is 24.4. The molecular weight excluding hydrogens is 266 g/mol. The van der Waals surface area contributed by atoms with Crippen molar-refractivity contribution in [2.24, 2.45) is 0 Å². The fourth-order valence-corrected chi connectivity index (χ4v) is 2.05. The lowest BCUT2D eigenvalue weighted by Gasteiger charge is -2.07. The van der Waals surface area contributed by atoms with Crippen molar-refractivity contribution in [2.75, 3.05) is 29.9 Å². The molecule has 1 amide bonds. The Bertz CT molecular complexity index is 512. The Balaban J connectivity index is 2.50. The molecule has 0 aliphatic rings. The van der Waals surface area contributed by atoms with Crippen LogP contribution < -0.4 is 15.4 Å². The van der Waals surface area contributed by atoms with Crippen LogP contribution in [0.1, 0.15) is 12.8 Å². The predicted molar refractivity (Wildman–Crippen MR) is 76.7 cm³/mol. The fraction of sp³-hybridized carbons (Fsp3) is 0.417. The number of nitrogens with one attached hydrogen (secondary N) is 3. The van der Waals surface area contributed by atoms with Gasteiger partial charge in [0.2, 0.25) is 15.9 Å². The SMILES string of the molecule is CNCCCC(=O)Nc1ccc(NS(C)(=O)=O)cc1. The molecule has 3 N–H and O–H groups in total. The van der Waals surface area contributed by atoms with Crippen LogP contribution in [-0.2, 0) is 14.8 Å². The molecule has 0 saturated heterocycles. The van der Waals surface area contributed by atoms with E-state index < -0.39 is 10.0 Å². The molecule has 1 aromatic carbocycles. The highest BCUT2D eigenvalue weighted by atomic mass is 32.2. The zero-order chi connectivity index (χ0) is 14.3. The third-order valence-corrected chi connectivity index (χ3v) is 2.91. The van der Waals surface area contributed by atoms with E-state index in [0.29, 0.717) is 17.8 Å². The molecule has 6 nitrogen and oxygen atoms in total. The van der Waals surface area contributed by atoms with E-state index in [0.717, 1.165) is 19.2 Å². The van der Waals surface area contributed by atoms with Gasteiger partial charge in [-0.15, -0.1) is 0 Å². The van der Waals surface area contributed by atoms with Crippen molar-refractivity contribution in [1.82, 2.24) is 5.32 Å². The van der Waals surface area contributed by atoms with Gasteiger partial charge in [-0.1, -0.05) is 0 Å². The van der Waals surface area contributed by atoms with Gasteiger partial charge in [0.05, 0.1) is 6.26 Å². The zero-order valence-electron chi connectivity index (χ0n) is 11.1. The number of anilines is 2. The number of rotatable bonds is 7. The molecule has 0 heterocycles. The Hall–Kier alpha value is -1.60. The number of sulfonamides is 1. The van der Waals surface area contributed by atoms with E-state index >= 15 is 0 Å². The summed E-state index contributed by atoms with van der Waals surface area (Å²) in [6.45, 7) is 0.796. The lowest BCUT2D eigenvalue weighted by molar-refractivity contribution is -0.116.